The molecule has 128 valence electrons. The van der Waals surface area contributed by atoms with E-state index in [9.17, 15) is 0 Å². The molecule has 0 radical (unpaired) electrons. The van der Waals surface area contributed by atoms with Gasteiger partial charge in [-0.2, -0.15) is 0 Å². The second-order valence-electron chi connectivity index (χ2n) is 5.73. The van der Waals surface area contributed by atoms with Gasteiger partial charge in [-0.1, -0.05) is 56.5 Å². The molecule has 0 aliphatic carbocycles. The van der Waals surface area contributed by atoms with Gasteiger partial charge in [-0.3, -0.25) is 4.99 Å². The molecule has 0 aliphatic rings. The van der Waals surface area contributed by atoms with Crippen molar-refractivity contribution in [1.82, 2.24) is 0 Å². The van der Waals surface area contributed by atoms with Gasteiger partial charge in [0.1, 0.15) is 0 Å². The largest absolute Gasteiger partial charge is 0.281 e. The highest BCUT2D eigenvalue weighted by atomic mass is 32.1. The monoisotopic (exact) mass is 347 g/mol. The zero-order valence-electron chi connectivity index (χ0n) is 15.0. The van der Waals surface area contributed by atoms with Crippen LogP contribution in [0.25, 0.3) is 17.2 Å². The van der Waals surface area contributed by atoms with E-state index < -0.39 is 0 Å². The van der Waals surface area contributed by atoms with Crippen molar-refractivity contribution in [3.8, 4) is 0 Å². The fraction of sp³-hybridized carbons (Fsp3) is 0.174. The third-order valence-corrected chi connectivity index (χ3v) is 4.72. The third kappa shape index (κ3) is 5.84. The molecule has 0 saturated carbocycles. The number of hydrogen-bond donors (Lipinski definition) is 0. The molecule has 2 heteroatoms. The van der Waals surface area contributed by atoms with Crippen molar-refractivity contribution < 1.29 is 0 Å². The number of thiophene rings is 1. The summed E-state index contributed by atoms with van der Waals surface area (Å²) in [6.45, 7) is 13.0. The minimum Gasteiger partial charge on any atom is -0.281 e. The Morgan fingerprint density at radius 2 is 1.72 bits per heavy atom. The number of aliphatic imine (C=N–C) groups is 1. The van der Waals surface area contributed by atoms with Gasteiger partial charge in [0.05, 0.1) is 12.3 Å². The topological polar surface area (TPSA) is 12.4 Å². The van der Waals surface area contributed by atoms with Gasteiger partial charge in [0.25, 0.3) is 0 Å². The summed E-state index contributed by atoms with van der Waals surface area (Å²) in [6, 6.07) is 12.6. The van der Waals surface area contributed by atoms with Crippen molar-refractivity contribution in [2.45, 2.75) is 20.3 Å². The quantitative estimate of drug-likeness (QED) is 0.460. The molecule has 1 aromatic carbocycles. The molecule has 1 aromatic heterocycles. The van der Waals surface area contributed by atoms with E-state index in [1.54, 1.807) is 11.3 Å². The highest BCUT2D eigenvalue weighted by Crippen LogP contribution is 2.20. The minimum atomic E-state index is 0.586. The normalized spacial score (nSPS) is 12.2. The Bertz CT molecular complexity index is 787. The van der Waals surface area contributed by atoms with E-state index in [-0.39, 0.29) is 0 Å². The molecule has 25 heavy (non-hydrogen) atoms. The zero-order chi connectivity index (χ0) is 18.1. The minimum absolute atomic E-state index is 0.586. The van der Waals surface area contributed by atoms with E-state index in [2.05, 4.69) is 67.9 Å². The molecule has 0 N–H and O–H groups in total. The maximum Gasteiger partial charge on any atom is 0.0647 e. The van der Waals surface area contributed by atoms with Crippen LogP contribution in [-0.2, 0) is 0 Å². The van der Waals surface area contributed by atoms with Crippen molar-refractivity contribution in [2.24, 2.45) is 4.99 Å². The first-order valence-corrected chi connectivity index (χ1v) is 9.37. The van der Waals surface area contributed by atoms with Crippen LogP contribution in [0.1, 0.15) is 36.3 Å². The summed E-state index contributed by atoms with van der Waals surface area (Å²) >= 11 is 1.72. The molecule has 0 saturated heterocycles. The lowest BCUT2D eigenvalue weighted by molar-refractivity contribution is 1.24. The molecule has 1 nitrogen and oxygen atoms in total. The first kappa shape index (κ1) is 18.9. The number of benzene rings is 1. The Morgan fingerprint density at radius 3 is 2.28 bits per heavy atom. The maximum atomic E-state index is 4.69. The molecule has 1 heterocycles. The summed E-state index contributed by atoms with van der Waals surface area (Å²) in [7, 11) is 0. The molecular formula is C23H25NS. The lowest BCUT2D eigenvalue weighted by Crippen LogP contribution is -1.94. The number of hydrogen-bond acceptors (Lipinski definition) is 2. The van der Waals surface area contributed by atoms with E-state index in [4.69, 9.17) is 4.99 Å². The lowest BCUT2D eigenvalue weighted by Gasteiger charge is -2.07. The van der Waals surface area contributed by atoms with Gasteiger partial charge in [0.2, 0.25) is 0 Å². The first-order valence-electron chi connectivity index (χ1n) is 8.49. The van der Waals surface area contributed by atoms with Crippen molar-refractivity contribution in [3.05, 3.63) is 89.2 Å². The second kappa shape index (κ2) is 9.75. The van der Waals surface area contributed by atoms with Crippen LogP contribution >= 0.6 is 11.3 Å². The molecule has 0 amide bonds. The first-order chi connectivity index (χ1) is 12.1. The smallest absolute Gasteiger partial charge is 0.0647 e. The van der Waals surface area contributed by atoms with Crippen molar-refractivity contribution in [1.29, 1.82) is 0 Å². The molecule has 0 spiro atoms. The predicted molar refractivity (Wildman–Crippen MR) is 115 cm³/mol. The number of rotatable bonds is 8. The van der Waals surface area contributed by atoms with Gasteiger partial charge < -0.3 is 0 Å². The summed E-state index contributed by atoms with van der Waals surface area (Å²) in [5, 5.41) is 2.07. The summed E-state index contributed by atoms with van der Waals surface area (Å²) in [6.07, 6.45) is 9.13. The summed E-state index contributed by atoms with van der Waals surface area (Å²) < 4.78 is 0. The molecule has 2 aromatic rings. The average Bonchev–Trinajstić information content (AvgIpc) is 3.16. The molecular weight excluding hydrogens is 322 g/mol. The van der Waals surface area contributed by atoms with E-state index in [1.807, 2.05) is 25.2 Å². The Labute approximate surface area is 155 Å². The molecule has 0 unspecified atom stereocenters. The molecule has 0 atom stereocenters. The Morgan fingerprint density at radius 1 is 1.04 bits per heavy atom. The van der Waals surface area contributed by atoms with E-state index in [0.717, 1.165) is 28.8 Å². The Balaban J connectivity index is 2.06. The molecule has 2 rings (SSSR count). The van der Waals surface area contributed by atoms with Crippen LogP contribution in [0.2, 0.25) is 0 Å². The Hall–Kier alpha value is -2.45. The number of nitrogens with zero attached hydrogens (tertiary/aromatic N) is 1. The van der Waals surface area contributed by atoms with Gasteiger partial charge in [-0.05, 0) is 65.3 Å². The molecule has 0 fully saturated rings. The van der Waals surface area contributed by atoms with Crippen LogP contribution in [0, 0.1) is 0 Å². The Kier molecular flexibility index (Phi) is 7.36. The fourth-order valence-corrected chi connectivity index (χ4v) is 2.93. The second-order valence-corrected chi connectivity index (χ2v) is 6.71. The third-order valence-electron chi connectivity index (χ3n) is 3.88. The SMILES string of the molecule is C=C(CC)c1ccc(C(=C)CN=C(/C=C\C)/C=C/c2cccs2)cc1. The average molecular weight is 348 g/mol. The number of allylic oxidation sites excluding steroid dienone is 4. The van der Waals surface area contributed by atoms with E-state index >= 15 is 0 Å². The van der Waals surface area contributed by atoms with Crippen molar-refractivity contribution >= 4 is 34.3 Å². The van der Waals surface area contributed by atoms with Gasteiger partial charge in [0.15, 0.2) is 0 Å². The van der Waals surface area contributed by atoms with E-state index in [1.165, 1.54) is 10.4 Å². The summed E-state index contributed by atoms with van der Waals surface area (Å²) in [5.74, 6) is 0. The molecule has 0 aliphatic heterocycles. The standard InChI is InChI=1S/C23H25NS/c1-5-8-22(14-15-23-9-7-16-25-23)24-17-19(4)21-12-10-20(11-13-21)18(3)6-2/h5,7-16H,3-4,6,17H2,1-2H3/b8-5-,15-14+,24-22?. The van der Waals surface area contributed by atoms with Crippen LogP contribution < -0.4 is 0 Å². The summed E-state index contributed by atoms with van der Waals surface area (Å²) in [5.41, 5.74) is 5.44. The highest BCUT2D eigenvalue weighted by Gasteiger charge is 2.01. The molecule has 0 bridgehead atoms. The van der Waals surface area contributed by atoms with Gasteiger partial charge in [0, 0.05) is 4.88 Å². The van der Waals surface area contributed by atoms with Crippen LogP contribution in [-0.4, -0.2) is 12.3 Å². The highest BCUT2D eigenvalue weighted by molar-refractivity contribution is 7.10. The van der Waals surface area contributed by atoms with Gasteiger partial charge in [-0.25, -0.2) is 0 Å². The van der Waals surface area contributed by atoms with Crippen LogP contribution in [0.3, 0.4) is 0 Å². The van der Waals surface area contributed by atoms with Gasteiger partial charge in [-0.15, -0.1) is 11.3 Å². The van der Waals surface area contributed by atoms with Crippen LogP contribution in [0.4, 0.5) is 0 Å². The lowest BCUT2D eigenvalue weighted by atomic mass is 10.0. The fourth-order valence-electron chi connectivity index (χ4n) is 2.31. The van der Waals surface area contributed by atoms with Crippen LogP contribution in [0.5, 0.6) is 0 Å². The van der Waals surface area contributed by atoms with Crippen LogP contribution in [0.15, 0.2) is 78.2 Å². The zero-order valence-corrected chi connectivity index (χ0v) is 15.9. The maximum absolute atomic E-state index is 4.69. The van der Waals surface area contributed by atoms with Gasteiger partial charge >= 0.3 is 0 Å². The van der Waals surface area contributed by atoms with Crippen molar-refractivity contribution in [3.63, 3.8) is 0 Å². The van der Waals surface area contributed by atoms with E-state index in [0.29, 0.717) is 6.54 Å². The summed E-state index contributed by atoms with van der Waals surface area (Å²) in [4.78, 5) is 5.92. The predicted octanol–water partition coefficient (Wildman–Crippen LogP) is 6.92. The van der Waals surface area contributed by atoms with Crippen molar-refractivity contribution in [2.75, 3.05) is 6.54 Å².